The summed E-state index contributed by atoms with van der Waals surface area (Å²) in [7, 11) is 0.620. The van der Waals surface area contributed by atoms with Crippen molar-refractivity contribution in [2.45, 2.75) is 0 Å². The van der Waals surface area contributed by atoms with Crippen molar-refractivity contribution in [2.24, 2.45) is 0 Å². The molecule has 0 N–H and O–H groups in total. The highest BCUT2D eigenvalue weighted by atomic mass is 31.1. The van der Waals surface area contributed by atoms with E-state index >= 15 is 0 Å². The molecule has 0 aliphatic carbocycles. The highest BCUT2D eigenvalue weighted by Gasteiger charge is 2.14. The van der Waals surface area contributed by atoms with Gasteiger partial charge < -0.3 is 4.42 Å². The van der Waals surface area contributed by atoms with Crippen molar-refractivity contribution in [2.75, 3.05) is 0 Å². The van der Waals surface area contributed by atoms with Crippen LogP contribution >= 0.6 is 8.58 Å². The molecule has 2 heteroatoms. The summed E-state index contributed by atoms with van der Waals surface area (Å²) in [5.41, 5.74) is 4.33. The summed E-state index contributed by atoms with van der Waals surface area (Å²) in [6, 6.07) is 34.0. The third-order valence-corrected chi connectivity index (χ3v) is 6.00. The van der Waals surface area contributed by atoms with Crippen molar-refractivity contribution < 1.29 is 4.42 Å². The summed E-state index contributed by atoms with van der Waals surface area (Å²) in [5.74, 6) is 0. The molecule has 1 aromatic heterocycles. The lowest BCUT2D eigenvalue weighted by Gasteiger charge is -2.10. The molecule has 0 spiro atoms. The first-order valence-corrected chi connectivity index (χ1v) is 9.72. The first kappa shape index (κ1) is 15.4. The van der Waals surface area contributed by atoms with E-state index in [9.17, 15) is 0 Å². The minimum absolute atomic E-state index is 0.620. The maximum Gasteiger partial charge on any atom is 0.143 e. The van der Waals surface area contributed by atoms with Crippen LogP contribution in [0.2, 0.25) is 0 Å². The quantitative estimate of drug-likeness (QED) is 0.369. The van der Waals surface area contributed by atoms with E-state index in [4.69, 9.17) is 4.42 Å². The molecule has 0 radical (unpaired) electrons. The fourth-order valence-corrected chi connectivity index (χ4v) is 4.67. The van der Waals surface area contributed by atoms with Gasteiger partial charge in [-0.05, 0) is 22.2 Å². The Morgan fingerprint density at radius 1 is 0.538 bits per heavy atom. The van der Waals surface area contributed by atoms with Gasteiger partial charge in [-0.3, -0.25) is 0 Å². The van der Waals surface area contributed by atoms with E-state index in [1.807, 2.05) is 12.1 Å². The molecule has 0 amide bonds. The third kappa shape index (κ3) is 2.62. The second-order valence-electron chi connectivity index (χ2n) is 6.32. The van der Waals surface area contributed by atoms with Crippen molar-refractivity contribution in [3.63, 3.8) is 0 Å². The molecule has 0 fully saturated rings. The molecular formula is C24H17OP. The van der Waals surface area contributed by atoms with Gasteiger partial charge in [0.15, 0.2) is 0 Å². The molecule has 1 unspecified atom stereocenters. The summed E-state index contributed by atoms with van der Waals surface area (Å²) in [6.45, 7) is 0. The zero-order valence-electron chi connectivity index (χ0n) is 14.1. The Bertz CT molecular complexity index is 1200. The van der Waals surface area contributed by atoms with Crippen molar-refractivity contribution in [3.05, 3.63) is 97.1 Å². The standard InChI is InChI=1S/C24H17OP/c1-2-9-17(10-3-1)26-23-16-7-5-12-19(23)21-14-8-13-20-18-11-4-6-15-22(18)25-24(20)21/h1-16,26H. The normalized spacial score (nSPS) is 11.7. The number of hydrogen-bond acceptors (Lipinski definition) is 1. The number of furan rings is 1. The molecule has 0 aliphatic heterocycles. The van der Waals surface area contributed by atoms with Gasteiger partial charge in [-0.1, -0.05) is 99.6 Å². The lowest BCUT2D eigenvalue weighted by molar-refractivity contribution is 0.670. The number of para-hydroxylation sites is 2. The molecule has 0 aliphatic rings. The summed E-state index contributed by atoms with van der Waals surface area (Å²) in [4.78, 5) is 0. The molecule has 5 aromatic rings. The van der Waals surface area contributed by atoms with Crippen LogP contribution in [-0.4, -0.2) is 0 Å². The molecule has 1 nitrogen and oxygen atoms in total. The number of benzene rings is 4. The Morgan fingerprint density at radius 3 is 2.15 bits per heavy atom. The molecule has 5 rings (SSSR count). The average molecular weight is 352 g/mol. The SMILES string of the molecule is c1ccc(Pc2ccccc2-c2cccc3c2oc2ccccc23)cc1. The van der Waals surface area contributed by atoms with Gasteiger partial charge in [0, 0.05) is 16.3 Å². The number of hydrogen-bond donors (Lipinski definition) is 0. The van der Waals surface area contributed by atoms with Gasteiger partial charge in [-0.25, -0.2) is 0 Å². The van der Waals surface area contributed by atoms with Crippen LogP contribution in [0.4, 0.5) is 0 Å². The van der Waals surface area contributed by atoms with Gasteiger partial charge in [0.05, 0.1) is 0 Å². The number of rotatable bonds is 3. The smallest absolute Gasteiger partial charge is 0.143 e. The van der Waals surface area contributed by atoms with Crippen LogP contribution in [0.25, 0.3) is 33.1 Å². The van der Waals surface area contributed by atoms with Gasteiger partial charge in [0.2, 0.25) is 0 Å². The van der Waals surface area contributed by atoms with Crippen LogP contribution in [0.1, 0.15) is 0 Å². The first-order chi connectivity index (χ1) is 12.9. The van der Waals surface area contributed by atoms with Crippen molar-refractivity contribution >= 4 is 41.1 Å². The zero-order chi connectivity index (χ0) is 17.3. The largest absolute Gasteiger partial charge is 0.455 e. The molecule has 0 saturated carbocycles. The van der Waals surface area contributed by atoms with E-state index in [1.54, 1.807) is 0 Å². The Hall–Kier alpha value is -2.89. The van der Waals surface area contributed by atoms with E-state index in [2.05, 4.69) is 84.9 Å². The van der Waals surface area contributed by atoms with Crippen LogP contribution in [0.3, 0.4) is 0 Å². The Balaban J connectivity index is 1.71. The fraction of sp³-hybridized carbons (Fsp3) is 0. The predicted octanol–water partition coefficient (Wildman–Crippen LogP) is 5.88. The molecule has 1 atom stereocenters. The van der Waals surface area contributed by atoms with Crippen LogP contribution in [0.5, 0.6) is 0 Å². The van der Waals surface area contributed by atoms with E-state index in [-0.39, 0.29) is 0 Å². The van der Waals surface area contributed by atoms with Crippen LogP contribution in [-0.2, 0) is 0 Å². The third-order valence-electron chi connectivity index (χ3n) is 4.67. The second-order valence-corrected chi connectivity index (χ2v) is 7.68. The summed E-state index contributed by atoms with van der Waals surface area (Å²) in [6.07, 6.45) is 0. The fourth-order valence-electron chi connectivity index (χ4n) is 3.46. The van der Waals surface area contributed by atoms with Gasteiger partial charge in [0.1, 0.15) is 11.2 Å². The van der Waals surface area contributed by atoms with Gasteiger partial charge in [0.25, 0.3) is 0 Å². The maximum atomic E-state index is 6.25. The van der Waals surface area contributed by atoms with Crippen LogP contribution < -0.4 is 10.6 Å². The van der Waals surface area contributed by atoms with E-state index < -0.39 is 0 Å². The van der Waals surface area contributed by atoms with Crippen LogP contribution in [0.15, 0.2) is 101 Å². The molecule has 0 bridgehead atoms. The zero-order valence-corrected chi connectivity index (χ0v) is 15.1. The minimum Gasteiger partial charge on any atom is -0.455 e. The monoisotopic (exact) mass is 352 g/mol. The van der Waals surface area contributed by atoms with Crippen molar-refractivity contribution in [3.8, 4) is 11.1 Å². The molecule has 124 valence electrons. The highest BCUT2D eigenvalue weighted by Crippen LogP contribution is 2.36. The average Bonchev–Trinajstić information content (AvgIpc) is 3.08. The number of fused-ring (bicyclic) bond motifs is 3. The molecular weight excluding hydrogens is 335 g/mol. The van der Waals surface area contributed by atoms with Crippen molar-refractivity contribution in [1.82, 2.24) is 0 Å². The first-order valence-electron chi connectivity index (χ1n) is 8.72. The summed E-state index contributed by atoms with van der Waals surface area (Å²) >= 11 is 0. The van der Waals surface area contributed by atoms with E-state index in [0.717, 1.165) is 16.7 Å². The topological polar surface area (TPSA) is 13.1 Å². The Kier molecular flexibility index (Phi) is 3.81. The van der Waals surface area contributed by atoms with Gasteiger partial charge in [-0.2, -0.15) is 0 Å². The highest BCUT2D eigenvalue weighted by molar-refractivity contribution is 7.55. The summed E-state index contributed by atoms with van der Waals surface area (Å²) in [5, 5.41) is 5.03. The minimum atomic E-state index is 0.620. The summed E-state index contributed by atoms with van der Waals surface area (Å²) < 4.78 is 6.25. The van der Waals surface area contributed by atoms with E-state index in [0.29, 0.717) is 8.58 Å². The molecule has 1 heterocycles. The van der Waals surface area contributed by atoms with Gasteiger partial charge >= 0.3 is 0 Å². The van der Waals surface area contributed by atoms with Crippen molar-refractivity contribution in [1.29, 1.82) is 0 Å². The van der Waals surface area contributed by atoms with Gasteiger partial charge in [-0.15, -0.1) is 0 Å². The maximum absolute atomic E-state index is 6.25. The molecule has 0 saturated heterocycles. The predicted molar refractivity (Wildman–Crippen MR) is 113 cm³/mol. The molecule has 4 aromatic carbocycles. The Morgan fingerprint density at radius 2 is 1.23 bits per heavy atom. The lowest BCUT2D eigenvalue weighted by Crippen LogP contribution is -2.06. The molecule has 26 heavy (non-hydrogen) atoms. The second kappa shape index (κ2) is 6.44. The lowest BCUT2D eigenvalue weighted by atomic mass is 10.0. The Labute approximate surface area is 154 Å². The van der Waals surface area contributed by atoms with Crippen LogP contribution in [0, 0.1) is 0 Å². The van der Waals surface area contributed by atoms with E-state index in [1.165, 1.54) is 26.9 Å².